The first-order valence-corrected chi connectivity index (χ1v) is 11.4. The maximum atomic E-state index is 13.1. The summed E-state index contributed by atoms with van der Waals surface area (Å²) in [4.78, 5) is 11.9. The van der Waals surface area contributed by atoms with Gasteiger partial charge >= 0.3 is 5.97 Å². The Balaban J connectivity index is 1.86. The van der Waals surface area contributed by atoms with Crippen molar-refractivity contribution in [2.45, 2.75) is 23.8 Å². The van der Waals surface area contributed by atoms with Crippen LogP contribution < -0.4 is 0 Å². The number of sulfonamides is 1. The van der Waals surface area contributed by atoms with Gasteiger partial charge in [0.05, 0.1) is 23.3 Å². The third kappa shape index (κ3) is 4.69. The van der Waals surface area contributed by atoms with Gasteiger partial charge in [-0.2, -0.15) is 0 Å². The lowest BCUT2D eigenvalue weighted by molar-refractivity contribution is 0.0599. The molecule has 9 heteroatoms. The monoisotopic (exact) mass is 443 g/mol. The molecule has 7 nitrogen and oxygen atoms in total. The maximum Gasteiger partial charge on any atom is 0.338 e. The molecule has 0 saturated carbocycles. The molecule has 156 valence electrons. The number of hydrogen-bond acceptors (Lipinski definition) is 7. The van der Waals surface area contributed by atoms with Gasteiger partial charge in [0.2, 0.25) is 0 Å². The lowest BCUT2D eigenvalue weighted by Gasteiger charge is -2.19. The second-order valence-corrected chi connectivity index (χ2v) is 9.44. The zero-order valence-electron chi connectivity index (χ0n) is 16.8. The smallest absolute Gasteiger partial charge is 0.338 e. The van der Waals surface area contributed by atoms with Crippen LogP contribution in [0.25, 0.3) is 11.3 Å². The molecular formula is C21H21N3O4S2. The van der Waals surface area contributed by atoms with Crippen LogP contribution in [0.4, 0.5) is 0 Å². The number of aryl methyl sites for hydroxylation is 1. The largest absolute Gasteiger partial charge is 0.465 e. The van der Waals surface area contributed by atoms with Gasteiger partial charge in [-0.1, -0.05) is 43.3 Å². The molecule has 1 heterocycles. The summed E-state index contributed by atoms with van der Waals surface area (Å²) in [5.74, 6) is -0.581. The van der Waals surface area contributed by atoms with E-state index in [1.807, 2.05) is 30.3 Å². The molecule has 30 heavy (non-hydrogen) atoms. The van der Waals surface area contributed by atoms with Crippen molar-refractivity contribution in [2.24, 2.45) is 0 Å². The Kier molecular flexibility index (Phi) is 6.86. The number of hydrogen-bond donors (Lipinski definition) is 0. The van der Waals surface area contributed by atoms with Crippen LogP contribution in [-0.4, -0.2) is 41.9 Å². The van der Waals surface area contributed by atoms with E-state index in [9.17, 15) is 13.2 Å². The van der Waals surface area contributed by atoms with Gasteiger partial charge in [0.25, 0.3) is 10.0 Å². The van der Waals surface area contributed by atoms with E-state index in [1.54, 1.807) is 32.0 Å². The highest BCUT2D eigenvalue weighted by Gasteiger charge is 2.26. The van der Waals surface area contributed by atoms with Crippen LogP contribution in [-0.2, 0) is 14.8 Å². The summed E-state index contributed by atoms with van der Waals surface area (Å²) in [6.45, 7) is 3.65. The standard InChI is InChI=1S/C21H21N3O4S2/c1-4-24(29-20-13-12-19(22-23-20)16-8-6-5-7-9-16)30(26,27)17-11-10-15(2)18(14-17)21(25)28-3/h5-14H,4H2,1-3H3. The van der Waals surface area contributed by atoms with E-state index in [0.29, 0.717) is 16.3 Å². The summed E-state index contributed by atoms with van der Waals surface area (Å²) in [6.07, 6.45) is 0. The summed E-state index contributed by atoms with van der Waals surface area (Å²) in [7, 11) is -2.61. The summed E-state index contributed by atoms with van der Waals surface area (Å²) in [6, 6.07) is 17.5. The molecule has 3 aromatic rings. The van der Waals surface area contributed by atoms with E-state index in [0.717, 1.165) is 17.5 Å². The van der Waals surface area contributed by atoms with E-state index < -0.39 is 16.0 Å². The third-order valence-electron chi connectivity index (χ3n) is 4.34. The van der Waals surface area contributed by atoms with Gasteiger partial charge in [-0.05, 0) is 48.7 Å². The molecule has 0 radical (unpaired) electrons. The second kappa shape index (κ2) is 9.38. The molecule has 0 fully saturated rings. The van der Waals surface area contributed by atoms with Crippen LogP contribution in [0.15, 0.2) is 70.6 Å². The van der Waals surface area contributed by atoms with Gasteiger partial charge in [0, 0.05) is 12.1 Å². The molecule has 0 spiro atoms. The molecule has 0 unspecified atom stereocenters. The molecule has 0 aliphatic rings. The van der Waals surface area contributed by atoms with Gasteiger partial charge in [-0.25, -0.2) is 13.2 Å². The van der Waals surface area contributed by atoms with Gasteiger partial charge in [0.1, 0.15) is 5.03 Å². The number of benzene rings is 2. The molecule has 0 bridgehead atoms. The summed E-state index contributed by atoms with van der Waals surface area (Å²) in [5, 5.41) is 8.80. The highest BCUT2D eigenvalue weighted by Crippen LogP contribution is 2.29. The van der Waals surface area contributed by atoms with Gasteiger partial charge in [-0.3, -0.25) is 0 Å². The Hall–Kier alpha value is -2.75. The molecule has 0 N–H and O–H groups in total. The number of carbonyl (C=O) groups is 1. The zero-order valence-corrected chi connectivity index (χ0v) is 18.4. The Morgan fingerprint density at radius 1 is 1.07 bits per heavy atom. The van der Waals surface area contributed by atoms with Crippen molar-refractivity contribution in [2.75, 3.05) is 13.7 Å². The number of carbonyl (C=O) groups excluding carboxylic acids is 1. The average molecular weight is 444 g/mol. The van der Waals surface area contributed by atoms with Crippen molar-refractivity contribution in [3.05, 3.63) is 71.8 Å². The van der Waals surface area contributed by atoms with Crippen LogP contribution >= 0.6 is 11.9 Å². The summed E-state index contributed by atoms with van der Waals surface area (Å²) >= 11 is 0.974. The molecule has 3 rings (SSSR count). The van der Waals surface area contributed by atoms with Crippen molar-refractivity contribution in [3.8, 4) is 11.3 Å². The van der Waals surface area contributed by atoms with E-state index in [-0.39, 0.29) is 17.0 Å². The fourth-order valence-electron chi connectivity index (χ4n) is 2.73. The zero-order chi connectivity index (χ0) is 21.7. The fourth-order valence-corrected chi connectivity index (χ4v) is 5.23. The van der Waals surface area contributed by atoms with Gasteiger partial charge in [0.15, 0.2) is 0 Å². The Morgan fingerprint density at radius 2 is 1.80 bits per heavy atom. The highest BCUT2D eigenvalue weighted by molar-refractivity contribution is 8.08. The maximum absolute atomic E-state index is 13.1. The summed E-state index contributed by atoms with van der Waals surface area (Å²) in [5.41, 5.74) is 2.48. The van der Waals surface area contributed by atoms with E-state index >= 15 is 0 Å². The minimum Gasteiger partial charge on any atom is -0.465 e. The normalized spacial score (nSPS) is 11.5. The van der Waals surface area contributed by atoms with Crippen molar-refractivity contribution in [3.63, 3.8) is 0 Å². The van der Waals surface area contributed by atoms with Crippen molar-refractivity contribution >= 4 is 27.9 Å². The Labute approximate surface area is 180 Å². The van der Waals surface area contributed by atoms with E-state index in [4.69, 9.17) is 4.74 Å². The highest BCUT2D eigenvalue weighted by atomic mass is 32.3. The van der Waals surface area contributed by atoms with Crippen LogP contribution in [0.2, 0.25) is 0 Å². The number of ether oxygens (including phenoxy) is 1. The number of esters is 1. The van der Waals surface area contributed by atoms with Crippen molar-refractivity contribution in [1.29, 1.82) is 0 Å². The van der Waals surface area contributed by atoms with Gasteiger partial charge in [-0.15, -0.1) is 13.9 Å². The molecular weight excluding hydrogens is 422 g/mol. The molecule has 2 aromatic carbocycles. The molecule has 0 aliphatic carbocycles. The predicted octanol–water partition coefficient (Wildman–Crippen LogP) is 3.96. The third-order valence-corrected chi connectivity index (χ3v) is 7.67. The lowest BCUT2D eigenvalue weighted by Crippen LogP contribution is -2.25. The molecule has 0 amide bonds. The second-order valence-electron chi connectivity index (χ2n) is 6.31. The van der Waals surface area contributed by atoms with E-state index in [2.05, 4.69) is 10.2 Å². The lowest BCUT2D eigenvalue weighted by atomic mass is 10.1. The molecule has 0 aliphatic heterocycles. The van der Waals surface area contributed by atoms with Crippen LogP contribution in [0, 0.1) is 6.92 Å². The number of methoxy groups -OCH3 is 1. The minimum atomic E-state index is -3.87. The minimum absolute atomic E-state index is 0.0108. The molecule has 1 aromatic heterocycles. The molecule has 0 atom stereocenters. The Bertz CT molecular complexity index is 1130. The SMILES string of the molecule is CCN(Sc1ccc(-c2ccccc2)nn1)S(=O)(=O)c1ccc(C)c(C(=O)OC)c1. The first-order valence-electron chi connectivity index (χ1n) is 9.15. The average Bonchev–Trinajstić information content (AvgIpc) is 2.78. The Morgan fingerprint density at radius 3 is 2.40 bits per heavy atom. The van der Waals surface area contributed by atoms with Crippen molar-refractivity contribution in [1.82, 2.24) is 13.9 Å². The quantitative estimate of drug-likeness (QED) is 0.403. The van der Waals surface area contributed by atoms with Crippen LogP contribution in [0.3, 0.4) is 0 Å². The number of rotatable bonds is 7. The van der Waals surface area contributed by atoms with Gasteiger partial charge < -0.3 is 4.74 Å². The first kappa shape index (κ1) is 21.9. The van der Waals surface area contributed by atoms with Crippen LogP contribution in [0.5, 0.6) is 0 Å². The molecule has 0 saturated heterocycles. The fraction of sp³-hybridized carbons (Fsp3) is 0.190. The topological polar surface area (TPSA) is 89.5 Å². The van der Waals surface area contributed by atoms with Crippen molar-refractivity contribution < 1.29 is 17.9 Å². The van der Waals surface area contributed by atoms with Crippen LogP contribution in [0.1, 0.15) is 22.8 Å². The summed E-state index contributed by atoms with van der Waals surface area (Å²) < 4.78 is 32.2. The van der Waals surface area contributed by atoms with E-state index in [1.165, 1.54) is 23.0 Å². The predicted molar refractivity (Wildman–Crippen MR) is 115 cm³/mol. The first-order chi connectivity index (χ1) is 14.4. The number of nitrogens with zero attached hydrogens (tertiary/aromatic N) is 3. The number of aromatic nitrogens is 2.